The van der Waals surface area contributed by atoms with E-state index < -0.39 is 6.09 Å². The number of hydrogen-bond acceptors (Lipinski definition) is 4. The van der Waals surface area contributed by atoms with Gasteiger partial charge in [0.1, 0.15) is 0 Å². The molecule has 2 aromatic rings. The van der Waals surface area contributed by atoms with Crippen molar-refractivity contribution >= 4 is 35.1 Å². The maximum Gasteiger partial charge on any atom is 0.407 e. The molecule has 2 N–H and O–H groups in total. The SMILES string of the molecule is Cc1cc(-c2cccc(CN(C)C(=O)O)c2)ccc1/C=C1/SC(=O)NC1=O. The molecule has 2 aromatic carbocycles. The normalized spacial score (nSPS) is 15.1. The number of hydrogen-bond donors (Lipinski definition) is 2. The zero-order valence-electron chi connectivity index (χ0n) is 14.9. The lowest BCUT2D eigenvalue weighted by molar-refractivity contribution is -0.115. The molecule has 1 aliphatic heterocycles. The number of rotatable bonds is 4. The average molecular weight is 382 g/mol. The van der Waals surface area contributed by atoms with Crippen LogP contribution in [0.15, 0.2) is 47.4 Å². The first kappa shape index (κ1) is 18.7. The molecule has 6 nitrogen and oxygen atoms in total. The van der Waals surface area contributed by atoms with E-state index in [1.807, 2.05) is 49.4 Å². The van der Waals surface area contributed by atoms with Gasteiger partial charge >= 0.3 is 6.09 Å². The molecule has 27 heavy (non-hydrogen) atoms. The van der Waals surface area contributed by atoms with Gasteiger partial charge in [0.05, 0.1) is 4.91 Å². The Balaban J connectivity index is 1.86. The summed E-state index contributed by atoms with van der Waals surface area (Å²) < 4.78 is 0. The van der Waals surface area contributed by atoms with Crippen molar-refractivity contribution in [3.63, 3.8) is 0 Å². The number of nitrogens with one attached hydrogen (secondary N) is 1. The number of benzene rings is 2. The van der Waals surface area contributed by atoms with Crippen LogP contribution in [0.3, 0.4) is 0 Å². The van der Waals surface area contributed by atoms with Gasteiger partial charge in [0.15, 0.2) is 0 Å². The van der Waals surface area contributed by atoms with E-state index in [4.69, 9.17) is 5.11 Å². The number of aryl methyl sites for hydroxylation is 1. The molecule has 0 atom stereocenters. The summed E-state index contributed by atoms with van der Waals surface area (Å²) in [5.74, 6) is -0.372. The Morgan fingerprint density at radius 3 is 2.56 bits per heavy atom. The summed E-state index contributed by atoms with van der Waals surface area (Å²) in [5, 5.41) is 10.9. The van der Waals surface area contributed by atoms with Gasteiger partial charge in [-0.3, -0.25) is 14.9 Å². The summed E-state index contributed by atoms with van der Waals surface area (Å²) >= 11 is 0.897. The van der Waals surface area contributed by atoms with Crippen LogP contribution in [0.25, 0.3) is 17.2 Å². The topological polar surface area (TPSA) is 86.7 Å². The summed E-state index contributed by atoms with van der Waals surface area (Å²) in [4.78, 5) is 35.6. The Kier molecular flexibility index (Phi) is 5.32. The molecule has 0 saturated carbocycles. The lowest BCUT2D eigenvalue weighted by Gasteiger charge is -2.14. The van der Waals surface area contributed by atoms with E-state index in [0.717, 1.165) is 39.6 Å². The van der Waals surface area contributed by atoms with Crippen molar-refractivity contribution in [2.24, 2.45) is 0 Å². The smallest absolute Gasteiger partial charge is 0.407 e. The maximum absolute atomic E-state index is 11.7. The number of amides is 3. The lowest BCUT2D eigenvalue weighted by atomic mass is 9.98. The summed E-state index contributed by atoms with van der Waals surface area (Å²) in [6.07, 6.45) is 0.739. The largest absolute Gasteiger partial charge is 0.465 e. The first-order chi connectivity index (χ1) is 12.8. The van der Waals surface area contributed by atoms with Crippen molar-refractivity contribution < 1.29 is 19.5 Å². The van der Waals surface area contributed by atoms with Gasteiger partial charge in [-0.2, -0.15) is 0 Å². The monoisotopic (exact) mass is 382 g/mol. The number of carbonyl (C=O) groups is 3. The van der Waals surface area contributed by atoms with Crippen LogP contribution < -0.4 is 5.32 Å². The van der Waals surface area contributed by atoms with E-state index in [2.05, 4.69) is 5.32 Å². The second-order valence-corrected chi connectivity index (χ2v) is 7.28. The predicted molar refractivity (Wildman–Crippen MR) is 105 cm³/mol. The quantitative estimate of drug-likeness (QED) is 0.778. The fraction of sp³-hybridized carbons (Fsp3) is 0.150. The van der Waals surface area contributed by atoms with Crippen molar-refractivity contribution in [1.29, 1.82) is 0 Å². The van der Waals surface area contributed by atoms with E-state index in [9.17, 15) is 14.4 Å². The molecule has 7 heteroatoms. The minimum absolute atomic E-state index is 0.312. The molecule has 0 unspecified atom stereocenters. The number of carboxylic acid groups (broad SMARTS) is 1. The summed E-state index contributed by atoms with van der Waals surface area (Å²) in [5.41, 5.74) is 4.72. The van der Waals surface area contributed by atoms with Crippen LogP contribution in [0.5, 0.6) is 0 Å². The summed E-state index contributed by atoms with van der Waals surface area (Å²) in [6, 6.07) is 13.6. The number of thioether (sulfide) groups is 1. The minimum atomic E-state index is -0.971. The zero-order valence-corrected chi connectivity index (χ0v) is 15.7. The van der Waals surface area contributed by atoms with Gasteiger partial charge in [-0.15, -0.1) is 0 Å². The first-order valence-electron chi connectivity index (χ1n) is 8.22. The van der Waals surface area contributed by atoms with Gasteiger partial charge in [-0.25, -0.2) is 4.79 Å². The Labute approximate surface area is 160 Å². The highest BCUT2D eigenvalue weighted by Crippen LogP contribution is 2.29. The van der Waals surface area contributed by atoms with Crippen molar-refractivity contribution in [2.75, 3.05) is 7.05 Å². The third kappa shape index (κ3) is 4.38. The number of imide groups is 1. The van der Waals surface area contributed by atoms with Crippen LogP contribution in [0.1, 0.15) is 16.7 Å². The first-order valence-corrected chi connectivity index (χ1v) is 9.04. The molecule has 3 rings (SSSR count). The van der Waals surface area contributed by atoms with E-state index >= 15 is 0 Å². The third-order valence-electron chi connectivity index (χ3n) is 4.21. The predicted octanol–water partition coefficient (Wildman–Crippen LogP) is 4.10. The Morgan fingerprint density at radius 1 is 1.19 bits per heavy atom. The highest BCUT2D eigenvalue weighted by atomic mass is 32.2. The Bertz CT molecular complexity index is 968. The molecular weight excluding hydrogens is 364 g/mol. The highest BCUT2D eigenvalue weighted by Gasteiger charge is 2.25. The van der Waals surface area contributed by atoms with Crippen molar-refractivity contribution in [3.05, 3.63) is 64.1 Å². The van der Waals surface area contributed by atoms with Gasteiger partial charge in [-0.1, -0.05) is 36.4 Å². The van der Waals surface area contributed by atoms with Crippen molar-refractivity contribution in [3.8, 4) is 11.1 Å². The third-order valence-corrected chi connectivity index (χ3v) is 5.02. The summed E-state index contributed by atoms with van der Waals surface area (Å²) in [6.45, 7) is 2.25. The van der Waals surface area contributed by atoms with Crippen LogP contribution in [0.4, 0.5) is 9.59 Å². The minimum Gasteiger partial charge on any atom is -0.465 e. The Hall–Kier alpha value is -3.06. The molecule has 1 fully saturated rings. The van der Waals surface area contributed by atoms with E-state index in [1.165, 1.54) is 11.9 Å². The van der Waals surface area contributed by atoms with Gasteiger partial charge in [0.2, 0.25) is 0 Å². The highest BCUT2D eigenvalue weighted by molar-refractivity contribution is 8.18. The van der Waals surface area contributed by atoms with Crippen LogP contribution in [-0.2, 0) is 11.3 Å². The molecule has 0 spiro atoms. The van der Waals surface area contributed by atoms with Gasteiger partial charge in [0.25, 0.3) is 11.1 Å². The van der Waals surface area contributed by atoms with E-state index in [1.54, 1.807) is 6.08 Å². The molecule has 0 bridgehead atoms. The fourth-order valence-corrected chi connectivity index (χ4v) is 3.44. The maximum atomic E-state index is 11.7. The second-order valence-electron chi connectivity index (χ2n) is 6.26. The van der Waals surface area contributed by atoms with Gasteiger partial charge < -0.3 is 10.0 Å². The van der Waals surface area contributed by atoms with Gasteiger partial charge in [0, 0.05) is 13.6 Å². The molecule has 0 aliphatic carbocycles. The molecule has 0 radical (unpaired) electrons. The Morgan fingerprint density at radius 2 is 1.93 bits per heavy atom. The van der Waals surface area contributed by atoms with Crippen LogP contribution in [0.2, 0.25) is 0 Å². The molecule has 1 heterocycles. The zero-order chi connectivity index (χ0) is 19.6. The summed E-state index contributed by atoms with van der Waals surface area (Å²) in [7, 11) is 1.53. The number of nitrogens with zero attached hydrogens (tertiary/aromatic N) is 1. The van der Waals surface area contributed by atoms with Crippen molar-refractivity contribution in [2.45, 2.75) is 13.5 Å². The van der Waals surface area contributed by atoms with Crippen LogP contribution in [-0.4, -0.2) is 34.3 Å². The second kappa shape index (κ2) is 7.67. The average Bonchev–Trinajstić information content (AvgIpc) is 2.94. The van der Waals surface area contributed by atoms with Crippen LogP contribution in [0, 0.1) is 6.92 Å². The number of carbonyl (C=O) groups excluding carboxylic acids is 2. The van der Waals surface area contributed by atoms with E-state index in [0.29, 0.717) is 11.4 Å². The molecule has 0 aromatic heterocycles. The fourth-order valence-electron chi connectivity index (χ4n) is 2.77. The molecule has 1 saturated heterocycles. The molecule has 1 aliphatic rings. The lowest BCUT2D eigenvalue weighted by Crippen LogP contribution is -2.23. The molecule has 3 amide bonds. The van der Waals surface area contributed by atoms with Crippen molar-refractivity contribution in [1.82, 2.24) is 10.2 Å². The molecular formula is C20H18N2O4S. The van der Waals surface area contributed by atoms with E-state index in [-0.39, 0.29) is 11.1 Å². The standard InChI is InChI=1S/C20H18N2O4S/c1-12-8-16(7-6-14(12)10-17-18(23)21-19(24)27-17)15-5-3-4-13(9-15)11-22(2)20(25)26/h3-10H,11H2,1-2H3,(H,25,26)(H,21,23,24)/b17-10+. The molecule has 138 valence electrons. The van der Waals surface area contributed by atoms with Crippen LogP contribution >= 0.6 is 11.8 Å². The van der Waals surface area contributed by atoms with Gasteiger partial charge in [-0.05, 0) is 58.6 Å².